The Morgan fingerprint density at radius 1 is 1.60 bits per heavy atom. The van der Waals surface area contributed by atoms with Gasteiger partial charge in [-0.2, -0.15) is 0 Å². The molecule has 0 aromatic heterocycles. The summed E-state index contributed by atoms with van der Waals surface area (Å²) >= 11 is 0. The molecule has 2 aliphatic rings. The molecule has 2 saturated heterocycles. The number of urea groups is 1. The minimum Gasteiger partial charge on any atom is -0.351 e. The molecule has 0 unspecified atom stereocenters. The van der Waals surface area contributed by atoms with Gasteiger partial charge in [0.1, 0.15) is 0 Å². The molecule has 4 heteroatoms. The van der Waals surface area contributed by atoms with Crippen molar-refractivity contribution < 1.29 is 4.79 Å². The first-order valence-corrected chi connectivity index (χ1v) is 3.51. The molecule has 0 radical (unpaired) electrons. The number of primary amides is 1. The van der Waals surface area contributed by atoms with Gasteiger partial charge in [-0.05, 0) is 13.0 Å². The molecule has 0 aromatic carbocycles. The molecular formula is C6H11N3O. The molecule has 3 N–H and O–H groups in total. The van der Waals surface area contributed by atoms with Crippen molar-refractivity contribution >= 4 is 6.03 Å². The van der Waals surface area contributed by atoms with Gasteiger partial charge < -0.3 is 16.0 Å². The fraction of sp³-hybridized carbons (Fsp3) is 0.833. The quantitative estimate of drug-likeness (QED) is 0.460. The van der Waals surface area contributed by atoms with E-state index in [1.165, 1.54) is 6.42 Å². The number of hydrogen-bond donors (Lipinski definition) is 2. The Kier molecular flexibility index (Phi) is 0.976. The SMILES string of the molecule is NC(=O)N1CC2(CCN2)C1. The molecule has 0 aliphatic carbocycles. The van der Waals surface area contributed by atoms with Gasteiger partial charge in [-0.1, -0.05) is 0 Å². The summed E-state index contributed by atoms with van der Waals surface area (Å²) in [6, 6.07) is -0.292. The van der Waals surface area contributed by atoms with Crippen LogP contribution in [0.15, 0.2) is 0 Å². The van der Waals surface area contributed by atoms with Crippen LogP contribution in [0.2, 0.25) is 0 Å². The summed E-state index contributed by atoms with van der Waals surface area (Å²) in [5.74, 6) is 0. The molecule has 2 heterocycles. The molecule has 10 heavy (non-hydrogen) atoms. The van der Waals surface area contributed by atoms with Gasteiger partial charge in [0, 0.05) is 13.1 Å². The lowest BCUT2D eigenvalue weighted by Crippen LogP contribution is -2.76. The van der Waals surface area contributed by atoms with Crippen LogP contribution >= 0.6 is 0 Å². The van der Waals surface area contributed by atoms with Gasteiger partial charge in [0.05, 0.1) is 5.54 Å². The van der Waals surface area contributed by atoms with Gasteiger partial charge in [0.15, 0.2) is 0 Å². The number of hydrogen-bond acceptors (Lipinski definition) is 2. The first-order valence-electron chi connectivity index (χ1n) is 3.51. The van der Waals surface area contributed by atoms with Crippen molar-refractivity contribution in [1.82, 2.24) is 10.2 Å². The van der Waals surface area contributed by atoms with Crippen LogP contribution < -0.4 is 11.1 Å². The van der Waals surface area contributed by atoms with Crippen LogP contribution in [0.5, 0.6) is 0 Å². The van der Waals surface area contributed by atoms with E-state index in [1.54, 1.807) is 4.90 Å². The largest absolute Gasteiger partial charge is 0.351 e. The van der Waals surface area contributed by atoms with E-state index in [1.807, 2.05) is 0 Å². The molecule has 4 nitrogen and oxygen atoms in total. The zero-order chi connectivity index (χ0) is 7.19. The Morgan fingerprint density at radius 2 is 2.20 bits per heavy atom. The molecule has 0 bridgehead atoms. The summed E-state index contributed by atoms with van der Waals surface area (Å²) in [7, 11) is 0. The van der Waals surface area contributed by atoms with Crippen molar-refractivity contribution in [3.8, 4) is 0 Å². The van der Waals surface area contributed by atoms with E-state index in [0.717, 1.165) is 19.6 Å². The number of nitrogens with one attached hydrogen (secondary N) is 1. The zero-order valence-electron chi connectivity index (χ0n) is 5.76. The van der Waals surface area contributed by atoms with Gasteiger partial charge in [0.2, 0.25) is 0 Å². The number of nitrogens with two attached hydrogens (primary N) is 1. The van der Waals surface area contributed by atoms with Crippen LogP contribution in [-0.2, 0) is 0 Å². The lowest BCUT2D eigenvalue weighted by Gasteiger charge is -2.55. The summed E-state index contributed by atoms with van der Waals surface area (Å²) in [5.41, 5.74) is 5.33. The van der Waals surface area contributed by atoms with Crippen molar-refractivity contribution in [3.63, 3.8) is 0 Å². The highest BCUT2D eigenvalue weighted by Gasteiger charge is 2.48. The molecule has 0 atom stereocenters. The molecular weight excluding hydrogens is 130 g/mol. The summed E-state index contributed by atoms with van der Waals surface area (Å²) in [6.45, 7) is 2.71. The zero-order valence-corrected chi connectivity index (χ0v) is 5.76. The molecule has 2 amide bonds. The second kappa shape index (κ2) is 1.63. The van der Waals surface area contributed by atoms with E-state index in [0.29, 0.717) is 0 Å². The lowest BCUT2D eigenvalue weighted by molar-refractivity contribution is 0.0251. The van der Waals surface area contributed by atoms with Gasteiger partial charge >= 0.3 is 6.03 Å². The van der Waals surface area contributed by atoms with E-state index < -0.39 is 0 Å². The second-order valence-electron chi connectivity index (χ2n) is 3.15. The summed E-state index contributed by atoms with van der Waals surface area (Å²) in [6.07, 6.45) is 1.19. The second-order valence-corrected chi connectivity index (χ2v) is 3.15. The normalized spacial score (nSPS) is 27.4. The van der Waals surface area contributed by atoms with Gasteiger partial charge in [0.25, 0.3) is 0 Å². The first kappa shape index (κ1) is 5.97. The average Bonchev–Trinajstić information content (AvgIpc) is 1.54. The maximum atomic E-state index is 10.5. The number of amides is 2. The highest BCUT2D eigenvalue weighted by Crippen LogP contribution is 2.29. The standard InChI is InChI=1S/C6H11N3O/c7-5(10)9-3-6(4-9)1-2-8-6/h8H,1-4H2,(H2,7,10). The highest BCUT2D eigenvalue weighted by atomic mass is 16.2. The van der Waals surface area contributed by atoms with Gasteiger partial charge in [-0.15, -0.1) is 0 Å². The van der Waals surface area contributed by atoms with Crippen molar-refractivity contribution in [2.45, 2.75) is 12.0 Å². The number of carbonyl (C=O) groups is 1. The summed E-state index contributed by atoms with van der Waals surface area (Å²) in [4.78, 5) is 12.2. The minimum atomic E-state index is -0.292. The van der Waals surface area contributed by atoms with Gasteiger partial charge in [-0.3, -0.25) is 0 Å². The number of rotatable bonds is 0. The smallest absolute Gasteiger partial charge is 0.314 e. The van der Waals surface area contributed by atoms with Crippen molar-refractivity contribution in [2.75, 3.05) is 19.6 Å². The third-order valence-corrected chi connectivity index (χ3v) is 2.40. The molecule has 1 spiro atoms. The summed E-state index contributed by atoms with van der Waals surface area (Å²) in [5, 5.41) is 3.29. The number of likely N-dealkylation sites (tertiary alicyclic amines) is 1. The van der Waals surface area contributed by atoms with Crippen LogP contribution in [0, 0.1) is 0 Å². The molecule has 2 aliphatic heterocycles. The summed E-state index contributed by atoms with van der Waals surface area (Å²) < 4.78 is 0. The van der Waals surface area contributed by atoms with Gasteiger partial charge in [-0.25, -0.2) is 4.79 Å². The van der Waals surface area contributed by atoms with Crippen LogP contribution in [-0.4, -0.2) is 36.1 Å². The maximum Gasteiger partial charge on any atom is 0.314 e. The average molecular weight is 141 g/mol. The number of nitrogens with zero attached hydrogens (tertiary/aromatic N) is 1. The molecule has 0 aromatic rings. The Balaban J connectivity index is 1.88. The monoisotopic (exact) mass is 141 g/mol. The van der Waals surface area contributed by atoms with Crippen LogP contribution in [0.4, 0.5) is 4.79 Å². The Bertz CT molecular complexity index is 168. The van der Waals surface area contributed by atoms with E-state index >= 15 is 0 Å². The lowest BCUT2D eigenvalue weighted by atomic mass is 9.80. The Morgan fingerprint density at radius 3 is 2.50 bits per heavy atom. The van der Waals surface area contributed by atoms with E-state index in [-0.39, 0.29) is 11.6 Å². The van der Waals surface area contributed by atoms with Crippen molar-refractivity contribution in [2.24, 2.45) is 5.73 Å². The topological polar surface area (TPSA) is 58.4 Å². The minimum absolute atomic E-state index is 0.273. The maximum absolute atomic E-state index is 10.5. The predicted octanol–water partition coefficient (Wildman–Crippen LogP) is -0.887. The third-order valence-electron chi connectivity index (χ3n) is 2.40. The van der Waals surface area contributed by atoms with E-state index in [9.17, 15) is 4.79 Å². The van der Waals surface area contributed by atoms with Crippen LogP contribution in [0.25, 0.3) is 0 Å². The Labute approximate surface area is 59.4 Å². The fourth-order valence-corrected chi connectivity index (χ4v) is 1.59. The van der Waals surface area contributed by atoms with Crippen LogP contribution in [0.1, 0.15) is 6.42 Å². The third kappa shape index (κ3) is 0.623. The van der Waals surface area contributed by atoms with E-state index in [4.69, 9.17) is 5.73 Å². The highest BCUT2D eigenvalue weighted by molar-refractivity contribution is 5.73. The van der Waals surface area contributed by atoms with Crippen molar-refractivity contribution in [3.05, 3.63) is 0 Å². The molecule has 56 valence electrons. The molecule has 2 rings (SSSR count). The Hall–Kier alpha value is -0.770. The fourth-order valence-electron chi connectivity index (χ4n) is 1.59. The molecule has 2 fully saturated rings. The van der Waals surface area contributed by atoms with Crippen molar-refractivity contribution in [1.29, 1.82) is 0 Å². The molecule has 0 saturated carbocycles. The number of carbonyl (C=O) groups excluding carboxylic acids is 1. The predicted molar refractivity (Wildman–Crippen MR) is 36.5 cm³/mol. The van der Waals surface area contributed by atoms with E-state index in [2.05, 4.69) is 5.32 Å². The first-order chi connectivity index (χ1) is 4.72. The van der Waals surface area contributed by atoms with Crippen LogP contribution in [0.3, 0.4) is 0 Å².